The molecule has 1 unspecified atom stereocenters. The second kappa shape index (κ2) is 6.65. The highest BCUT2D eigenvalue weighted by Gasteiger charge is 2.38. The Hall–Kier alpha value is -0.280. The van der Waals surface area contributed by atoms with Crippen LogP contribution in [0.15, 0.2) is 18.2 Å². The summed E-state index contributed by atoms with van der Waals surface area (Å²) in [6.45, 7) is 10.0. The van der Waals surface area contributed by atoms with Crippen LogP contribution in [0.2, 0.25) is 10.0 Å². The summed E-state index contributed by atoms with van der Waals surface area (Å²) in [4.78, 5) is 0. The highest BCUT2D eigenvalue weighted by molar-refractivity contribution is 6.42. The van der Waals surface area contributed by atoms with E-state index in [2.05, 4.69) is 19.9 Å². The number of nitrogens with two attached hydrogens (primary N) is 1. The van der Waals surface area contributed by atoms with Gasteiger partial charge >= 0.3 is 0 Å². The largest absolute Gasteiger partial charge is 0.330 e. The van der Waals surface area contributed by atoms with Gasteiger partial charge in [0.2, 0.25) is 0 Å². The average Bonchev–Trinajstić information content (AvgIpc) is 2.76. The molecule has 20 heavy (non-hydrogen) atoms. The van der Waals surface area contributed by atoms with Gasteiger partial charge in [0.25, 0.3) is 0 Å². The minimum atomic E-state index is 0.632. The van der Waals surface area contributed by atoms with E-state index in [1.54, 1.807) is 0 Å². The van der Waals surface area contributed by atoms with Gasteiger partial charge in [-0.2, -0.15) is 0 Å². The van der Waals surface area contributed by atoms with Crippen molar-refractivity contribution in [3.63, 3.8) is 0 Å². The lowest BCUT2D eigenvalue weighted by molar-refractivity contribution is -0.933. The average molecular weight is 316 g/mol. The molecule has 1 aromatic rings. The van der Waals surface area contributed by atoms with Crippen molar-refractivity contribution >= 4 is 23.2 Å². The standard InChI is InChI=1S/C16H25Cl2N2/c1-12(2)9-20(6-5-14(8-19)11-20)10-13-3-4-15(17)16(18)7-13/h3-4,7,12,14H,5-6,8-11,19H2,1-2H3/q+1/t14-,20?/m0/s1. The second-order valence-electron chi connectivity index (χ2n) is 6.62. The molecule has 1 saturated heterocycles. The predicted octanol–water partition coefficient (Wildman–Crippen LogP) is 3.94. The van der Waals surface area contributed by atoms with E-state index < -0.39 is 0 Å². The van der Waals surface area contributed by atoms with Crippen molar-refractivity contribution in [2.45, 2.75) is 26.8 Å². The molecule has 2 rings (SSSR count). The molecule has 0 saturated carbocycles. The zero-order valence-corrected chi connectivity index (χ0v) is 13.9. The van der Waals surface area contributed by atoms with Gasteiger partial charge in [-0.15, -0.1) is 0 Å². The van der Waals surface area contributed by atoms with Crippen LogP contribution in [-0.4, -0.2) is 30.7 Å². The van der Waals surface area contributed by atoms with Gasteiger partial charge in [0.1, 0.15) is 6.54 Å². The monoisotopic (exact) mass is 315 g/mol. The van der Waals surface area contributed by atoms with Crippen LogP contribution in [0.25, 0.3) is 0 Å². The third-order valence-corrected chi connectivity index (χ3v) is 4.98. The second-order valence-corrected chi connectivity index (χ2v) is 7.44. The molecule has 0 aliphatic carbocycles. The third kappa shape index (κ3) is 3.88. The van der Waals surface area contributed by atoms with Crippen molar-refractivity contribution in [1.82, 2.24) is 0 Å². The third-order valence-electron chi connectivity index (χ3n) is 4.24. The number of halogens is 2. The molecule has 2 N–H and O–H groups in total. The maximum atomic E-state index is 6.15. The molecule has 1 aliphatic rings. The Kier molecular flexibility index (Phi) is 5.36. The Morgan fingerprint density at radius 2 is 2.05 bits per heavy atom. The first-order chi connectivity index (χ1) is 9.44. The van der Waals surface area contributed by atoms with Crippen molar-refractivity contribution in [2.75, 3.05) is 26.2 Å². The summed E-state index contributed by atoms with van der Waals surface area (Å²) in [5, 5.41) is 1.29. The molecule has 0 amide bonds. The van der Waals surface area contributed by atoms with Crippen molar-refractivity contribution in [3.8, 4) is 0 Å². The van der Waals surface area contributed by atoms with Crippen molar-refractivity contribution in [1.29, 1.82) is 0 Å². The molecule has 2 nitrogen and oxygen atoms in total. The Morgan fingerprint density at radius 1 is 1.30 bits per heavy atom. The Labute approximate surface area is 132 Å². The molecule has 112 valence electrons. The minimum Gasteiger partial charge on any atom is -0.330 e. The maximum Gasteiger partial charge on any atom is 0.104 e. The lowest BCUT2D eigenvalue weighted by Crippen LogP contribution is -2.48. The van der Waals surface area contributed by atoms with Crippen LogP contribution >= 0.6 is 23.2 Å². The summed E-state index contributed by atoms with van der Waals surface area (Å²) in [6, 6.07) is 6.02. The van der Waals surface area contributed by atoms with Crippen LogP contribution in [0.4, 0.5) is 0 Å². The van der Waals surface area contributed by atoms with Gasteiger partial charge in [-0.05, 0) is 12.1 Å². The topological polar surface area (TPSA) is 26.0 Å². The number of quaternary nitrogens is 1. The molecular weight excluding hydrogens is 291 g/mol. The first-order valence-corrected chi connectivity index (χ1v) is 8.19. The molecular formula is C16H25Cl2N2+. The lowest BCUT2D eigenvalue weighted by atomic mass is 10.1. The highest BCUT2D eigenvalue weighted by Crippen LogP contribution is 2.30. The molecule has 1 heterocycles. The van der Waals surface area contributed by atoms with Gasteiger partial charge in [0, 0.05) is 30.4 Å². The fourth-order valence-corrected chi connectivity index (χ4v) is 3.87. The normalized spacial score (nSPS) is 26.4. The zero-order chi connectivity index (χ0) is 14.8. The number of hydrogen-bond donors (Lipinski definition) is 1. The summed E-state index contributed by atoms with van der Waals surface area (Å²) in [7, 11) is 0. The Bertz CT molecular complexity index is 462. The van der Waals surface area contributed by atoms with Crippen molar-refractivity contribution < 1.29 is 4.48 Å². The molecule has 2 atom stereocenters. The quantitative estimate of drug-likeness (QED) is 0.818. The maximum absolute atomic E-state index is 6.15. The Balaban J connectivity index is 2.17. The molecule has 1 fully saturated rings. The molecule has 0 aromatic heterocycles. The van der Waals surface area contributed by atoms with E-state index in [1.165, 1.54) is 31.6 Å². The van der Waals surface area contributed by atoms with Crippen LogP contribution in [0.1, 0.15) is 25.8 Å². The van der Waals surface area contributed by atoms with Crippen LogP contribution in [0, 0.1) is 11.8 Å². The van der Waals surface area contributed by atoms with Gasteiger partial charge in [-0.1, -0.05) is 43.1 Å². The van der Waals surface area contributed by atoms with Crippen LogP contribution in [0.5, 0.6) is 0 Å². The van der Waals surface area contributed by atoms with E-state index in [1.807, 2.05) is 12.1 Å². The van der Waals surface area contributed by atoms with Crippen molar-refractivity contribution in [3.05, 3.63) is 33.8 Å². The first-order valence-electron chi connectivity index (χ1n) is 7.43. The number of hydrogen-bond acceptors (Lipinski definition) is 1. The van der Waals surface area contributed by atoms with Gasteiger partial charge in [-0.3, -0.25) is 0 Å². The van der Waals surface area contributed by atoms with Crippen LogP contribution in [-0.2, 0) is 6.54 Å². The van der Waals surface area contributed by atoms with Crippen LogP contribution in [0.3, 0.4) is 0 Å². The van der Waals surface area contributed by atoms with E-state index in [0.717, 1.165) is 17.6 Å². The number of benzene rings is 1. The number of nitrogens with zero attached hydrogens (tertiary/aromatic N) is 1. The minimum absolute atomic E-state index is 0.632. The summed E-state index contributed by atoms with van der Waals surface area (Å²) in [6.07, 6.45) is 1.24. The molecule has 0 bridgehead atoms. The smallest absolute Gasteiger partial charge is 0.104 e. The zero-order valence-electron chi connectivity index (χ0n) is 12.4. The number of likely N-dealkylation sites (tertiary alicyclic amines) is 1. The first kappa shape index (κ1) is 16.1. The molecule has 0 radical (unpaired) electrons. The van der Waals surface area contributed by atoms with Crippen LogP contribution < -0.4 is 5.73 Å². The van der Waals surface area contributed by atoms with Gasteiger partial charge in [-0.25, -0.2) is 0 Å². The molecule has 0 spiro atoms. The fourth-order valence-electron chi connectivity index (χ4n) is 3.55. The van der Waals surface area contributed by atoms with E-state index in [0.29, 0.717) is 21.9 Å². The van der Waals surface area contributed by atoms with Gasteiger partial charge in [0.15, 0.2) is 0 Å². The van der Waals surface area contributed by atoms with E-state index in [9.17, 15) is 0 Å². The molecule has 4 heteroatoms. The SMILES string of the molecule is CC(C)C[N+]1(Cc2ccc(Cl)c(Cl)c2)CC[C@@H](CN)C1. The van der Waals surface area contributed by atoms with E-state index >= 15 is 0 Å². The van der Waals surface area contributed by atoms with Gasteiger partial charge < -0.3 is 10.2 Å². The summed E-state index contributed by atoms with van der Waals surface area (Å²) in [5.74, 6) is 1.35. The summed E-state index contributed by atoms with van der Waals surface area (Å²) in [5.41, 5.74) is 7.15. The summed E-state index contributed by atoms with van der Waals surface area (Å²) >= 11 is 12.2. The van der Waals surface area contributed by atoms with Gasteiger partial charge in [0.05, 0.1) is 29.7 Å². The van der Waals surface area contributed by atoms with Crippen molar-refractivity contribution in [2.24, 2.45) is 17.6 Å². The Morgan fingerprint density at radius 3 is 2.60 bits per heavy atom. The number of rotatable bonds is 5. The highest BCUT2D eigenvalue weighted by atomic mass is 35.5. The molecule has 1 aromatic carbocycles. The fraction of sp³-hybridized carbons (Fsp3) is 0.625. The molecule has 1 aliphatic heterocycles. The summed E-state index contributed by atoms with van der Waals surface area (Å²) < 4.78 is 1.14. The van der Waals surface area contributed by atoms with E-state index in [-0.39, 0.29) is 0 Å². The predicted molar refractivity (Wildman–Crippen MR) is 87.0 cm³/mol. The van der Waals surface area contributed by atoms with E-state index in [4.69, 9.17) is 28.9 Å². The lowest BCUT2D eigenvalue weighted by Gasteiger charge is -2.36.